The predicted molar refractivity (Wildman–Crippen MR) is 107 cm³/mol. The third-order valence-corrected chi connectivity index (χ3v) is 5.96. The van der Waals surface area contributed by atoms with E-state index in [1.807, 2.05) is 4.90 Å². The number of anilines is 2. The molecule has 0 spiro atoms. The van der Waals surface area contributed by atoms with E-state index >= 15 is 0 Å². The van der Waals surface area contributed by atoms with Crippen molar-refractivity contribution in [3.63, 3.8) is 0 Å². The quantitative estimate of drug-likeness (QED) is 0.715. The number of carbonyl (C=O) groups excluding carboxylic acids is 1. The third-order valence-electron chi connectivity index (χ3n) is 5.20. The molecule has 2 aromatic rings. The van der Waals surface area contributed by atoms with Gasteiger partial charge in [-0.25, -0.2) is 27.0 Å². The summed E-state index contributed by atoms with van der Waals surface area (Å²) in [6, 6.07) is 4.53. The van der Waals surface area contributed by atoms with Crippen LogP contribution >= 0.6 is 0 Å². The van der Waals surface area contributed by atoms with Crippen LogP contribution in [0.5, 0.6) is 0 Å². The number of halogens is 1. The Kier molecular flexibility index (Phi) is 5.60. The molecule has 0 aliphatic carbocycles. The number of nitrogens with zero attached hydrogens (tertiary/aromatic N) is 5. The summed E-state index contributed by atoms with van der Waals surface area (Å²) < 4.78 is 47.1. The number of nitrogens with one attached hydrogen (secondary N) is 1. The van der Waals surface area contributed by atoms with Crippen LogP contribution in [-0.2, 0) is 21.3 Å². The van der Waals surface area contributed by atoms with Crippen LogP contribution in [0.4, 0.5) is 20.6 Å². The summed E-state index contributed by atoms with van der Waals surface area (Å²) in [6.45, 7) is 1.74. The Morgan fingerprint density at radius 1 is 1.30 bits per heavy atom. The summed E-state index contributed by atoms with van der Waals surface area (Å²) >= 11 is 0. The number of sulfonamides is 1. The molecule has 2 saturated heterocycles. The molecule has 1 atom stereocenters. The van der Waals surface area contributed by atoms with Gasteiger partial charge in [0.05, 0.1) is 36.9 Å². The highest BCUT2D eigenvalue weighted by atomic mass is 32.2. The molecule has 1 amide bonds. The molecule has 2 aliphatic rings. The van der Waals surface area contributed by atoms with Crippen LogP contribution in [0.3, 0.4) is 0 Å². The van der Waals surface area contributed by atoms with Crippen molar-refractivity contribution < 1.29 is 22.3 Å². The normalized spacial score (nSPS) is 20.6. The van der Waals surface area contributed by atoms with Crippen molar-refractivity contribution in [2.75, 3.05) is 35.7 Å². The van der Waals surface area contributed by atoms with Gasteiger partial charge in [-0.3, -0.25) is 4.90 Å². The van der Waals surface area contributed by atoms with E-state index in [4.69, 9.17) is 4.74 Å². The second-order valence-corrected chi connectivity index (χ2v) is 9.31. The molecule has 162 valence electrons. The van der Waals surface area contributed by atoms with E-state index in [9.17, 15) is 17.6 Å². The van der Waals surface area contributed by atoms with Gasteiger partial charge in [0.25, 0.3) is 0 Å². The summed E-state index contributed by atoms with van der Waals surface area (Å²) in [5, 5.41) is 7.58. The van der Waals surface area contributed by atoms with Crippen LogP contribution in [0.15, 0.2) is 30.6 Å². The smallest absolute Gasteiger partial charge is 0.414 e. The number of benzene rings is 1. The SMILES string of the molecule is CS(=O)(=O)NC1CCN(c2ccc(N3C[C@H](Cn4ccnn4)OC3=O)cc2F)CC1. The number of piperidine rings is 1. The van der Waals surface area contributed by atoms with Gasteiger partial charge in [0.2, 0.25) is 10.0 Å². The maximum absolute atomic E-state index is 14.8. The van der Waals surface area contributed by atoms with E-state index in [1.165, 1.54) is 11.0 Å². The molecule has 1 aromatic carbocycles. The van der Waals surface area contributed by atoms with E-state index in [-0.39, 0.29) is 6.04 Å². The monoisotopic (exact) mass is 438 g/mol. The van der Waals surface area contributed by atoms with Gasteiger partial charge in [-0.05, 0) is 31.0 Å². The minimum atomic E-state index is -3.26. The Hall–Kier alpha value is -2.73. The topological polar surface area (TPSA) is 110 Å². The fourth-order valence-electron chi connectivity index (χ4n) is 3.83. The average Bonchev–Trinajstić information content (AvgIpc) is 3.31. The molecular formula is C18H23FN6O4S. The van der Waals surface area contributed by atoms with E-state index in [2.05, 4.69) is 15.0 Å². The summed E-state index contributed by atoms with van der Waals surface area (Å²) in [6.07, 6.45) is 4.62. The van der Waals surface area contributed by atoms with Gasteiger partial charge in [-0.15, -0.1) is 5.10 Å². The number of aromatic nitrogens is 3. The highest BCUT2D eigenvalue weighted by Crippen LogP contribution is 2.29. The van der Waals surface area contributed by atoms with Crippen molar-refractivity contribution in [3.8, 4) is 0 Å². The minimum absolute atomic E-state index is 0.139. The van der Waals surface area contributed by atoms with Gasteiger partial charge < -0.3 is 9.64 Å². The fraction of sp³-hybridized carbons (Fsp3) is 0.500. The molecule has 1 aromatic heterocycles. The van der Waals surface area contributed by atoms with Crippen LogP contribution in [0.1, 0.15) is 12.8 Å². The Balaban J connectivity index is 1.39. The van der Waals surface area contributed by atoms with Gasteiger partial charge in [-0.1, -0.05) is 5.21 Å². The van der Waals surface area contributed by atoms with Gasteiger partial charge >= 0.3 is 6.09 Å². The van der Waals surface area contributed by atoms with Crippen LogP contribution < -0.4 is 14.5 Å². The molecule has 3 heterocycles. The van der Waals surface area contributed by atoms with Crippen molar-refractivity contribution in [3.05, 3.63) is 36.4 Å². The molecule has 0 saturated carbocycles. The fourth-order valence-corrected chi connectivity index (χ4v) is 4.67. The lowest BCUT2D eigenvalue weighted by molar-refractivity contribution is 0.129. The molecule has 4 rings (SSSR count). The number of amides is 1. The molecule has 2 aliphatic heterocycles. The van der Waals surface area contributed by atoms with Gasteiger partial charge in [-0.2, -0.15) is 0 Å². The zero-order chi connectivity index (χ0) is 21.3. The first kappa shape index (κ1) is 20.5. The van der Waals surface area contributed by atoms with Gasteiger partial charge in [0.15, 0.2) is 0 Å². The number of hydrogen-bond acceptors (Lipinski definition) is 7. The Bertz CT molecular complexity index is 1010. The third kappa shape index (κ3) is 4.70. The Morgan fingerprint density at radius 2 is 2.07 bits per heavy atom. The van der Waals surface area contributed by atoms with Crippen LogP contribution in [0.2, 0.25) is 0 Å². The lowest BCUT2D eigenvalue weighted by Crippen LogP contribution is -2.44. The van der Waals surface area contributed by atoms with Crippen molar-refractivity contribution in [2.24, 2.45) is 0 Å². The summed E-state index contributed by atoms with van der Waals surface area (Å²) in [5.41, 5.74) is 0.860. The van der Waals surface area contributed by atoms with Gasteiger partial charge in [0, 0.05) is 25.3 Å². The molecular weight excluding hydrogens is 415 g/mol. The highest BCUT2D eigenvalue weighted by Gasteiger charge is 2.33. The van der Waals surface area contributed by atoms with Crippen molar-refractivity contribution in [1.29, 1.82) is 0 Å². The number of rotatable bonds is 6. The van der Waals surface area contributed by atoms with Gasteiger partial charge in [0.1, 0.15) is 11.9 Å². The number of ether oxygens (including phenoxy) is 1. The largest absolute Gasteiger partial charge is 0.442 e. The van der Waals surface area contributed by atoms with E-state index in [1.54, 1.807) is 29.2 Å². The van der Waals surface area contributed by atoms with Crippen molar-refractivity contribution in [2.45, 2.75) is 31.5 Å². The number of carbonyl (C=O) groups is 1. The van der Waals surface area contributed by atoms with Crippen molar-refractivity contribution in [1.82, 2.24) is 19.7 Å². The lowest BCUT2D eigenvalue weighted by atomic mass is 10.1. The first-order valence-corrected chi connectivity index (χ1v) is 11.5. The molecule has 2 fully saturated rings. The summed E-state index contributed by atoms with van der Waals surface area (Å²) in [5.74, 6) is -0.436. The molecule has 0 radical (unpaired) electrons. The van der Waals surface area contributed by atoms with Crippen molar-refractivity contribution >= 4 is 27.5 Å². The molecule has 0 unspecified atom stereocenters. The molecule has 1 N–H and O–H groups in total. The molecule has 0 bridgehead atoms. The highest BCUT2D eigenvalue weighted by molar-refractivity contribution is 7.88. The molecule has 12 heteroatoms. The van der Waals surface area contributed by atoms with Crippen LogP contribution in [0, 0.1) is 5.82 Å². The van der Waals surface area contributed by atoms with E-state index < -0.39 is 28.0 Å². The second kappa shape index (κ2) is 8.19. The maximum atomic E-state index is 14.8. The Morgan fingerprint density at radius 3 is 2.70 bits per heavy atom. The lowest BCUT2D eigenvalue weighted by Gasteiger charge is -2.34. The van der Waals surface area contributed by atoms with E-state index in [0.29, 0.717) is 50.4 Å². The van der Waals surface area contributed by atoms with Crippen LogP contribution in [-0.4, -0.2) is 67.5 Å². The summed E-state index contributed by atoms with van der Waals surface area (Å²) in [4.78, 5) is 15.5. The first-order chi connectivity index (χ1) is 14.3. The zero-order valence-corrected chi connectivity index (χ0v) is 17.3. The molecule has 10 nitrogen and oxygen atoms in total. The maximum Gasteiger partial charge on any atom is 0.414 e. The average molecular weight is 438 g/mol. The summed E-state index contributed by atoms with van der Waals surface area (Å²) in [7, 11) is -3.26. The standard InChI is InChI=1S/C18H23FN6O4S/c1-30(27,28)21-13-4-7-23(8-5-13)17-3-2-14(10-16(17)19)25-12-15(29-18(25)26)11-24-9-6-20-22-24/h2-3,6,9-10,13,15,21H,4-5,7-8,11-12H2,1H3/t15-/m0/s1. The molecule has 30 heavy (non-hydrogen) atoms. The van der Waals surface area contributed by atoms with Crippen LogP contribution in [0.25, 0.3) is 0 Å². The Labute approximate surface area is 173 Å². The number of cyclic esters (lactones) is 1. The predicted octanol–water partition coefficient (Wildman–Crippen LogP) is 0.961. The van der Waals surface area contributed by atoms with E-state index in [0.717, 1.165) is 6.26 Å². The minimum Gasteiger partial charge on any atom is -0.442 e. The second-order valence-electron chi connectivity index (χ2n) is 7.53. The number of hydrogen-bond donors (Lipinski definition) is 1. The first-order valence-electron chi connectivity index (χ1n) is 9.62. The zero-order valence-electron chi connectivity index (χ0n) is 16.4.